The topological polar surface area (TPSA) is 119 Å². The summed E-state index contributed by atoms with van der Waals surface area (Å²) in [6.07, 6.45) is 3.92. The molecule has 1 aromatic carbocycles. The lowest BCUT2D eigenvalue weighted by atomic mass is 9.96. The standard InChI is InChI=1S/C27H30FN7O2/c1-7-17-8-11-20(29-13-17)33-23-21(28)22(30-14-31-23)18-9-10-19(15(2)12-18)16(3)32-24(36)25-34-26(35-37-25)27(4,5)6/h8-14,16H,7H2,1-6H3,(H,32,36)(H,29,30,31,33)/t16-/m1/s1. The minimum atomic E-state index is -0.580. The Hall–Kier alpha value is -4.21. The zero-order valence-corrected chi connectivity index (χ0v) is 21.8. The number of nitrogens with zero attached hydrogens (tertiary/aromatic N) is 5. The third-order valence-electron chi connectivity index (χ3n) is 5.92. The van der Waals surface area contributed by atoms with Gasteiger partial charge in [-0.15, -0.1) is 0 Å². The highest BCUT2D eigenvalue weighted by Crippen LogP contribution is 2.29. The van der Waals surface area contributed by atoms with Gasteiger partial charge >= 0.3 is 11.8 Å². The molecule has 0 aliphatic rings. The summed E-state index contributed by atoms with van der Waals surface area (Å²) in [5.41, 5.74) is 3.22. The highest BCUT2D eigenvalue weighted by Gasteiger charge is 2.25. The molecule has 192 valence electrons. The number of aryl methyl sites for hydroxylation is 2. The molecular formula is C27H30FN7O2. The summed E-state index contributed by atoms with van der Waals surface area (Å²) in [5.74, 6) is -0.139. The van der Waals surface area contributed by atoms with E-state index in [0.29, 0.717) is 17.2 Å². The summed E-state index contributed by atoms with van der Waals surface area (Å²) in [5, 5.41) is 9.70. The van der Waals surface area contributed by atoms with Gasteiger partial charge in [0.15, 0.2) is 17.5 Å². The number of carbonyl (C=O) groups is 1. The molecule has 10 heteroatoms. The van der Waals surface area contributed by atoms with Crippen LogP contribution in [0.15, 0.2) is 47.4 Å². The van der Waals surface area contributed by atoms with E-state index in [1.54, 1.807) is 18.3 Å². The summed E-state index contributed by atoms with van der Waals surface area (Å²) < 4.78 is 20.5. The van der Waals surface area contributed by atoms with E-state index in [1.807, 2.05) is 59.7 Å². The molecule has 4 rings (SSSR count). The molecule has 4 aromatic rings. The van der Waals surface area contributed by atoms with Crippen LogP contribution in [0.3, 0.4) is 0 Å². The summed E-state index contributed by atoms with van der Waals surface area (Å²) >= 11 is 0. The largest absolute Gasteiger partial charge is 0.341 e. The van der Waals surface area contributed by atoms with E-state index in [0.717, 1.165) is 23.1 Å². The van der Waals surface area contributed by atoms with Gasteiger partial charge in [0.1, 0.15) is 17.8 Å². The lowest BCUT2D eigenvalue weighted by Gasteiger charge is -2.17. The molecule has 0 aliphatic heterocycles. The SMILES string of the molecule is CCc1ccc(Nc2ncnc(-c3ccc([C@@H](C)NC(=O)c4nc(C(C)(C)C)no4)c(C)c3)c2F)nc1. The molecule has 0 bridgehead atoms. The fraction of sp³-hybridized carbons (Fsp3) is 0.333. The maximum atomic E-state index is 15.3. The van der Waals surface area contributed by atoms with Crippen LogP contribution in [-0.2, 0) is 11.8 Å². The van der Waals surface area contributed by atoms with Gasteiger partial charge in [0.25, 0.3) is 0 Å². The molecule has 1 atom stereocenters. The van der Waals surface area contributed by atoms with Crippen molar-refractivity contribution in [2.45, 2.75) is 59.4 Å². The second kappa shape index (κ2) is 10.4. The highest BCUT2D eigenvalue weighted by molar-refractivity contribution is 5.89. The molecule has 3 heterocycles. The van der Waals surface area contributed by atoms with Crippen molar-refractivity contribution in [1.82, 2.24) is 30.4 Å². The second-order valence-corrected chi connectivity index (χ2v) is 9.85. The number of amides is 1. The summed E-state index contributed by atoms with van der Waals surface area (Å²) in [6, 6.07) is 8.79. The molecule has 0 radical (unpaired) electrons. The monoisotopic (exact) mass is 503 g/mol. The van der Waals surface area contributed by atoms with Gasteiger partial charge in [-0.1, -0.05) is 51.1 Å². The predicted octanol–water partition coefficient (Wildman–Crippen LogP) is 5.46. The van der Waals surface area contributed by atoms with Gasteiger partial charge in [0, 0.05) is 17.2 Å². The zero-order valence-electron chi connectivity index (χ0n) is 21.8. The van der Waals surface area contributed by atoms with E-state index in [4.69, 9.17) is 4.52 Å². The number of nitrogens with one attached hydrogen (secondary N) is 2. The normalized spacial score (nSPS) is 12.3. The zero-order chi connectivity index (χ0) is 26.7. The summed E-state index contributed by atoms with van der Waals surface area (Å²) in [6.45, 7) is 11.6. The highest BCUT2D eigenvalue weighted by atomic mass is 19.1. The van der Waals surface area contributed by atoms with Gasteiger partial charge in [-0.05, 0) is 49.1 Å². The van der Waals surface area contributed by atoms with Crippen molar-refractivity contribution < 1.29 is 13.7 Å². The Kier molecular flexibility index (Phi) is 7.28. The van der Waals surface area contributed by atoms with Crippen molar-refractivity contribution in [2.75, 3.05) is 5.32 Å². The quantitative estimate of drug-likeness (QED) is 0.341. The predicted molar refractivity (Wildman–Crippen MR) is 138 cm³/mol. The molecule has 0 spiro atoms. The molecule has 0 saturated heterocycles. The van der Waals surface area contributed by atoms with E-state index < -0.39 is 11.7 Å². The van der Waals surface area contributed by atoms with Crippen molar-refractivity contribution in [1.29, 1.82) is 0 Å². The number of aromatic nitrogens is 5. The number of carbonyl (C=O) groups excluding carboxylic acids is 1. The first-order valence-electron chi connectivity index (χ1n) is 12.0. The molecule has 0 fully saturated rings. The second-order valence-electron chi connectivity index (χ2n) is 9.85. The van der Waals surface area contributed by atoms with Crippen molar-refractivity contribution in [2.24, 2.45) is 0 Å². The number of halogens is 1. The van der Waals surface area contributed by atoms with Gasteiger partial charge in [0.05, 0.1) is 6.04 Å². The van der Waals surface area contributed by atoms with Crippen molar-refractivity contribution in [3.05, 3.63) is 77.1 Å². The molecule has 0 aliphatic carbocycles. The van der Waals surface area contributed by atoms with Crippen LogP contribution < -0.4 is 10.6 Å². The van der Waals surface area contributed by atoms with Gasteiger partial charge in [0.2, 0.25) is 0 Å². The van der Waals surface area contributed by atoms with Crippen molar-refractivity contribution >= 4 is 17.5 Å². The Morgan fingerprint density at radius 3 is 2.54 bits per heavy atom. The van der Waals surface area contributed by atoms with Crippen LogP contribution in [0.25, 0.3) is 11.3 Å². The summed E-state index contributed by atoms with van der Waals surface area (Å²) in [7, 11) is 0. The first kappa shape index (κ1) is 25.9. The first-order chi connectivity index (χ1) is 17.6. The van der Waals surface area contributed by atoms with E-state index >= 15 is 4.39 Å². The fourth-order valence-corrected chi connectivity index (χ4v) is 3.75. The van der Waals surface area contributed by atoms with E-state index in [-0.39, 0.29) is 28.9 Å². The minimum absolute atomic E-state index is 0.0401. The first-order valence-corrected chi connectivity index (χ1v) is 12.0. The number of hydrogen-bond acceptors (Lipinski definition) is 8. The van der Waals surface area contributed by atoms with Gasteiger partial charge in [-0.25, -0.2) is 19.3 Å². The minimum Gasteiger partial charge on any atom is -0.341 e. The fourth-order valence-electron chi connectivity index (χ4n) is 3.75. The lowest BCUT2D eigenvalue weighted by molar-refractivity contribution is 0.0895. The smallest absolute Gasteiger partial charge is 0.315 e. The van der Waals surface area contributed by atoms with Crippen LogP contribution in [0.5, 0.6) is 0 Å². The molecule has 3 aromatic heterocycles. The molecule has 1 amide bonds. The maximum Gasteiger partial charge on any atom is 0.315 e. The average Bonchev–Trinajstić information content (AvgIpc) is 3.37. The Bertz CT molecular complexity index is 1410. The van der Waals surface area contributed by atoms with Crippen molar-refractivity contribution in [3.8, 4) is 11.3 Å². The van der Waals surface area contributed by atoms with Crippen LogP contribution in [0.2, 0.25) is 0 Å². The third-order valence-corrected chi connectivity index (χ3v) is 5.92. The number of hydrogen-bond donors (Lipinski definition) is 2. The van der Waals surface area contributed by atoms with E-state index in [9.17, 15) is 4.79 Å². The van der Waals surface area contributed by atoms with Crippen LogP contribution >= 0.6 is 0 Å². The molecule has 2 N–H and O–H groups in total. The lowest BCUT2D eigenvalue weighted by Crippen LogP contribution is -2.27. The van der Waals surface area contributed by atoms with Crippen LogP contribution in [0.4, 0.5) is 16.0 Å². The third kappa shape index (κ3) is 5.79. The van der Waals surface area contributed by atoms with Crippen molar-refractivity contribution in [3.63, 3.8) is 0 Å². The Balaban J connectivity index is 1.51. The van der Waals surface area contributed by atoms with Gasteiger partial charge < -0.3 is 15.2 Å². The average molecular weight is 504 g/mol. The van der Waals surface area contributed by atoms with Crippen LogP contribution in [0, 0.1) is 12.7 Å². The molecule has 37 heavy (non-hydrogen) atoms. The van der Waals surface area contributed by atoms with Gasteiger partial charge in [-0.2, -0.15) is 4.98 Å². The molecular weight excluding hydrogens is 473 g/mol. The molecule has 9 nitrogen and oxygen atoms in total. The Morgan fingerprint density at radius 2 is 1.92 bits per heavy atom. The number of anilines is 2. The molecule has 0 saturated carbocycles. The van der Waals surface area contributed by atoms with Crippen LogP contribution in [0.1, 0.15) is 73.9 Å². The van der Waals surface area contributed by atoms with Crippen LogP contribution in [-0.4, -0.2) is 31.0 Å². The van der Waals surface area contributed by atoms with E-state index in [2.05, 4.69) is 35.7 Å². The number of benzene rings is 1. The number of rotatable bonds is 7. The number of pyridine rings is 1. The summed E-state index contributed by atoms with van der Waals surface area (Å²) in [4.78, 5) is 29.4. The Morgan fingerprint density at radius 1 is 1.14 bits per heavy atom. The Labute approximate surface area is 215 Å². The van der Waals surface area contributed by atoms with Gasteiger partial charge in [-0.3, -0.25) is 4.79 Å². The van der Waals surface area contributed by atoms with E-state index in [1.165, 1.54) is 6.33 Å². The molecule has 0 unspecified atom stereocenters. The maximum absolute atomic E-state index is 15.3.